The predicted octanol–water partition coefficient (Wildman–Crippen LogP) is 7.07. The van der Waals surface area contributed by atoms with Crippen molar-refractivity contribution in [3.05, 3.63) is 128 Å². The molecule has 2 heterocycles. The lowest BCUT2D eigenvalue weighted by atomic mass is 9.49. The Labute approximate surface area is 315 Å². The predicted molar refractivity (Wildman–Crippen MR) is 204 cm³/mol. The van der Waals surface area contributed by atoms with Crippen LogP contribution in [0.25, 0.3) is 0 Å². The molecule has 0 radical (unpaired) electrons. The fourth-order valence-electron chi connectivity index (χ4n) is 9.17. The molecule has 2 N–H and O–H groups in total. The van der Waals surface area contributed by atoms with E-state index in [4.69, 9.17) is 4.74 Å². The van der Waals surface area contributed by atoms with E-state index in [0.29, 0.717) is 32.5 Å². The molecule has 2 aliphatic carbocycles. The summed E-state index contributed by atoms with van der Waals surface area (Å²) in [5.74, 6) is -4.56. The maximum absolute atomic E-state index is 15.3. The van der Waals surface area contributed by atoms with Crippen LogP contribution in [0, 0.1) is 34.2 Å². The number of phenols is 1. The van der Waals surface area contributed by atoms with Crippen LogP contribution in [0.4, 0.5) is 11.4 Å². The Bertz CT molecular complexity index is 2150. The van der Waals surface area contributed by atoms with E-state index in [1.807, 2.05) is 121 Å². The van der Waals surface area contributed by atoms with Gasteiger partial charge in [-0.2, -0.15) is 5.01 Å². The van der Waals surface area contributed by atoms with Gasteiger partial charge in [0.2, 0.25) is 11.8 Å². The highest BCUT2D eigenvalue weighted by Gasteiger charge is 2.70. The van der Waals surface area contributed by atoms with Crippen molar-refractivity contribution in [3.8, 4) is 11.5 Å². The number of anilines is 2. The number of carbonyl (C=O) groups excluding carboxylic acids is 4. The molecule has 0 aromatic heterocycles. The molecular formula is C42H38IN3O6. The van der Waals surface area contributed by atoms with Gasteiger partial charge in [0, 0.05) is 5.92 Å². The second-order valence-corrected chi connectivity index (χ2v) is 15.3. The van der Waals surface area contributed by atoms with Crippen molar-refractivity contribution in [2.45, 2.75) is 44.4 Å². The van der Waals surface area contributed by atoms with Crippen LogP contribution >= 0.6 is 22.6 Å². The van der Waals surface area contributed by atoms with Crippen LogP contribution in [0.5, 0.6) is 11.5 Å². The number of aryl methyl sites for hydroxylation is 2. The van der Waals surface area contributed by atoms with E-state index in [0.717, 1.165) is 28.1 Å². The van der Waals surface area contributed by atoms with Gasteiger partial charge in [0.1, 0.15) is 0 Å². The molecule has 2 aliphatic heterocycles. The third kappa shape index (κ3) is 5.01. The molecule has 264 valence electrons. The molecule has 4 amide bonds. The zero-order chi connectivity index (χ0) is 36.5. The van der Waals surface area contributed by atoms with E-state index < -0.39 is 46.8 Å². The quantitative estimate of drug-likeness (QED) is 0.117. The maximum atomic E-state index is 15.3. The Morgan fingerprint density at radius 3 is 2.29 bits per heavy atom. The van der Waals surface area contributed by atoms with Gasteiger partial charge in [-0.15, -0.1) is 0 Å². The summed E-state index contributed by atoms with van der Waals surface area (Å²) >= 11 is 2.05. The molecule has 0 bridgehead atoms. The first-order chi connectivity index (χ1) is 25.1. The molecule has 6 atom stereocenters. The zero-order valence-electron chi connectivity index (χ0n) is 29.0. The first kappa shape index (κ1) is 34.1. The summed E-state index contributed by atoms with van der Waals surface area (Å²) in [6.45, 7) is 4.01. The third-order valence-corrected chi connectivity index (χ3v) is 12.4. The lowest BCUT2D eigenvalue weighted by Gasteiger charge is -2.50. The summed E-state index contributed by atoms with van der Waals surface area (Å²) in [6, 6.07) is 27.9. The molecule has 4 aromatic rings. The van der Waals surface area contributed by atoms with E-state index in [1.54, 1.807) is 6.07 Å². The minimum absolute atomic E-state index is 0.0278. The van der Waals surface area contributed by atoms with Gasteiger partial charge < -0.3 is 9.84 Å². The molecule has 4 aliphatic rings. The molecule has 6 unspecified atom stereocenters. The highest BCUT2D eigenvalue weighted by atomic mass is 127. The number of fused-ring (bicyclic) bond motifs is 4. The largest absolute Gasteiger partial charge is 0.504 e. The Hall–Kier alpha value is -4.97. The van der Waals surface area contributed by atoms with Crippen molar-refractivity contribution in [2.75, 3.05) is 17.4 Å². The molecule has 0 spiro atoms. The van der Waals surface area contributed by atoms with Crippen molar-refractivity contribution in [1.29, 1.82) is 0 Å². The number of hydrazine groups is 1. The van der Waals surface area contributed by atoms with Crippen molar-refractivity contribution in [3.63, 3.8) is 0 Å². The lowest BCUT2D eigenvalue weighted by molar-refractivity contribution is -0.138. The van der Waals surface area contributed by atoms with Gasteiger partial charge in [0.15, 0.2) is 11.5 Å². The topological polar surface area (TPSA) is 116 Å². The van der Waals surface area contributed by atoms with Crippen LogP contribution in [-0.2, 0) is 31.0 Å². The van der Waals surface area contributed by atoms with Gasteiger partial charge in [-0.3, -0.25) is 29.5 Å². The number of imide groups is 2. The van der Waals surface area contributed by atoms with Crippen LogP contribution in [0.15, 0.2) is 103 Å². The van der Waals surface area contributed by atoms with E-state index in [-0.39, 0.29) is 29.7 Å². The maximum Gasteiger partial charge on any atom is 0.260 e. The first-order valence-electron chi connectivity index (χ1n) is 17.6. The summed E-state index contributed by atoms with van der Waals surface area (Å²) in [6.07, 6.45) is 3.38. The Morgan fingerprint density at radius 2 is 1.62 bits per heavy atom. The average molecular weight is 808 g/mol. The number of nitrogens with zero attached hydrogens (tertiary/aromatic N) is 2. The number of ether oxygens (including phenoxy) is 1. The molecule has 4 aromatic carbocycles. The number of amides is 4. The van der Waals surface area contributed by atoms with Crippen molar-refractivity contribution < 1.29 is 29.0 Å². The molecule has 1 saturated carbocycles. The highest BCUT2D eigenvalue weighted by molar-refractivity contribution is 14.1. The molecular weight excluding hydrogens is 769 g/mol. The monoisotopic (exact) mass is 807 g/mol. The minimum Gasteiger partial charge on any atom is -0.504 e. The summed E-state index contributed by atoms with van der Waals surface area (Å²) in [5.41, 5.74) is 7.16. The second-order valence-electron chi connectivity index (χ2n) is 14.2. The Kier molecular flexibility index (Phi) is 8.47. The molecule has 9 nitrogen and oxygen atoms in total. The lowest BCUT2D eigenvalue weighted by Crippen LogP contribution is -2.53. The van der Waals surface area contributed by atoms with Crippen molar-refractivity contribution in [1.82, 2.24) is 5.01 Å². The number of halogens is 1. The first-order valence-corrected chi connectivity index (χ1v) is 18.7. The molecule has 10 heteroatoms. The fourth-order valence-corrected chi connectivity index (χ4v) is 9.80. The number of hydrogen-bond donors (Lipinski definition) is 2. The van der Waals surface area contributed by atoms with Crippen molar-refractivity contribution >= 4 is 57.6 Å². The molecule has 2 saturated heterocycles. The summed E-state index contributed by atoms with van der Waals surface area (Å²) in [4.78, 5) is 60.2. The number of methoxy groups -OCH3 is 1. The highest BCUT2D eigenvalue weighted by Crippen LogP contribution is 2.64. The van der Waals surface area contributed by atoms with Gasteiger partial charge in [-0.05, 0) is 108 Å². The average Bonchev–Trinajstić information content (AvgIpc) is 3.54. The number of rotatable bonds is 7. The zero-order valence-corrected chi connectivity index (χ0v) is 31.2. The number of benzene rings is 4. The molecule has 8 rings (SSSR count). The Morgan fingerprint density at radius 1 is 0.904 bits per heavy atom. The summed E-state index contributed by atoms with van der Waals surface area (Å²) in [7, 11) is 1.47. The smallest absolute Gasteiger partial charge is 0.260 e. The number of allylic oxidation sites excluding steroid dienone is 2. The number of nitrogens with one attached hydrogen (secondary N) is 1. The van der Waals surface area contributed by atoms with Gasteiger partial charge in [0.25, 0.3) is 11.8 Å². The van der Waals surface area contributed by atoms with Gasteiger partial charge >= 0.3 is 0 Å². The van der Waals surface area contributed by atoms with Crippen LogP contribution in [0.3, 0.4) is 0 Å². The van der Waals surface area contributed by atoms with Crippen LogP contribution in [0.1, 0.15) is 47.9 Å². The van der Waals surface area contributed by atoms with E-state index in [9.17, 15) is 19.5 Å². The van der Waals surface area contributed by atoms with Crippen molar-refractivity contribution in [2.24, 2.45) is 23.7 Å². The van der Waals surface area contributed by atoms with E-state index in [2.05, 4.69) is 12.3 Å². The summed E-state index contributed by atoms with van der Waals surface area (Å²) in [5, 5.41) is 12.1. The standard InChI is InChI=1S/C42H38IN3O6/c1-4-24-12-16-28(17-13-24)45-38(48)30-19-18-29-31(35(30)40(45)50)22-32-39(49)46(44-27-14-10-23(2)11-15-27)41(51)42(32,26-8-6-5-7-9-26)36(29)25-20-33(43)37(47)34(21-25)52-3/h5-18,20-21,30-32,35-36,44,47H,4,19,22H2,1-3H3. The minimum atomic E-state index is -1.42. The number of hydrogen-bond acceptors (Lipinski definition) is 7. The van der Waals surface area contributed by atoms with Gasteiger partial charge in [-0.1, -0.05) is 78.7 Å². The number of phenolic OH excluding ortho intramolecular Hbond substituents is 1. The SMILES string of the molecule is CCc1ccc(N2C(=O)C3CC=C4C(CC5C(=O)N(Nc6ccc(C)cc6)C(=O)C5(c5ccccc5)C4c4cc(I)c(O)c(OC)c4)C3C2=O)cc1. The van der Waals surface area contributed by atoms with Crippen LogP contribution in [-0.4, -0.2) is 40.9 Å². The normalized spacial score (nSPS) is 26.5. The fraction of sp³-hybridized carbons (Fsp3) is 0.286. The van der Waals surface area contributed by atoms with Gasteiger partial charge in [0.05, 0.1) is 45.2 Å². The van der Waals surface area contributed by atoms with Crippen LogP contribution < -0.4 is 15.1 Å². The third-order valence-electron chi connectivity index (χ3n) is 11.6. The number of aromatic hydroxyl groups is 1. The van der Waals surface area contributed by atoms with Gasteiger partial charge in [-0.25, -0.2) is 0 Å². The summed E-state index contributed by atoms with van der Waals surface area (Å²) < 4.78 is 6.14. The molecule has 52 heavy (non-hydrogen) atoms. The second kappa shape index (κ2) is 12.9. The Balaban J connectivity index is 1.32. The van der Waals surface area contributed by atoms with E-state index in [1.165, 1.54) is 12.0 Å². The number of carbonyl (C=O) groups is 4. The van der Waals surface area contributed by atoms with Crippen LogP contribution in [0.2, 0.25) is 0 Å². The molecule has 3 fully saturated rings. The van der Waals surface area contributed by atoms with E-state index >= 15 is 4.79 Å².